The number of likely N-dealkylation sites (tertiary alicyclic amines) is 1. The predicted molar refractivity (Wildman–Crippen MR) is 134 cm³/mol. The molecule has 0 aliphatic carbocycles. The maximum absolute atomic E-state index is 14.8. The fraction of sp³-hybridized carbons (Fsp3) is 0.407. The third-order valence-corrected chi connectivity index (χ3v) is 7.07. The molecule has 200 valence electrons. The number of ether oxygens (including phenoxy) is 1. The maximum atomic E-state index is 14.8. The van der Waals surface area contributed by atoms with Crippen molar-refractivity contribution in [2.75, 3.05) is 25.5 Å². The highest BCUT2D eigenvalue weighted by Gasteiger charge is 2.38. The molecular weight excluding hydrogens is 499 g/mol. The summed E-state index contributed by atoms with van der Waals surface area (Å²) in [5.74, 6) is -0.549. The highest BCUT2D eigenvalue weighted by atomic mass is 19.3. The number of aromatic nitrogens is 2. The van der Waals surface area contributed by atoms with Crippen molar-refractivity contribution >= 4 is 22.5 Å². The van der Waals surface area contributed by atoms with E-state index >= 15 is 0 Å². The second kappa shape index (κ2) is 10.8. The number of hydrogen-bond donors (Lipinski definition) is 2. The number of hydrogen-bond acceptors (Lipinski definition) is 7. The second-order valence-electron chi connectivity index (χ2n) is 9.40. The molecule has 38 heavy (non-hydrogen) atoms. The Morgan fingerprint density at radius 2 is 1.92 bits per heavy atom. The molecule has 11 heteroatoms. The molecule has 1 aromatic heterocycles. The van der Waals surface area contributed by atoms with E-state index in [9.17, 15) is 23.1 Å². The number of carbonyl (C=O) groups is 1. The van der Waals surface area contributed by atoms with Gasteiger partial charge in [-0.1, -0.05) is 18.2 Å². The number of aryl methyl sites for hydroxylation is 1. The first-order valence-electron chi connectivity index (χ1n) is 12.1. The first-order chi connectivity index (χ1) is 18.1. The number of amides is 1. The van der Waals surface area contributed by atoms with Gasteiger partial charge < -0.3 is 20.1 Å². The van der Waals surface area contributed by atoms with Gasteiger partial charge in [-0.25, -0.2) is 13.2 Å². The van der Waals surface area contributed by atoms with Crippen molar-refractivity contribution in [3.63, 3.8) is 0 Å². The van der Waals surface area contributed by atoms with E-state index in [1.807, 2.05) is 6.07 Å². The van der Waals surface area contributed by atoms with Crippen LogP contribution < -0.4 is 10.1 Å². The van der Waals surface area contributed by atoms with Crippen LogP contribution in [0.5, 0.6) is 5.75 Å². The minimum Gasteiger partial charge on any atom is -0.496 e. The largest absolute Gasteiger partial charge is 0.496 e. The molecule has 1 aliphatic rings. The molecule has 0 bridgehead atoms. The Hall–Kier alpha value is -3.91. The minimum absolute atomic E-state index is 0.0556. The van der Waals surface area contributed by atoms with Crippen molar-refractivity contribution in [1.82, 2.24) is 15.1 Å². The Kier molecular flexibility index (Phi) is 7.73. The molecular formula is C27H28F3N5O3. The molecule has 2 N–H and O–H groups in total. The van der Waals surface area contributed by atoms with Crippen molar-refractivity contribution in [2.45, 2.75) is 51.2 Å². The molecule has 0 unspecified atom stereocenters. The number of aliphatic hydroxyl groups is 1. The lowest BCUT2D eigenvalue weighted by molar-refractivity contribution is -0.134. The first-order valence-corrected chi connectivity index (χ1v) is 12.1. The van der Waals surface area contributed by atoms with E-state index < -0.39 is 29.4 Å². The zero-order chi connectivity index (χ0) is 27.6. The topological polar surface area (TPSA) is 111 Å². The van der Waals surface area contributed by atoms with Crippen LogP contribution in [0.1, 0.15) is 61.0 Å². The van der Waals surface area contributed by atoms with Crippen LogP contribution in [0.2, 0.25) is 0 Å². The number of nitriles is 1. The third-order valence-electron chi connectivity index (χ3n) is 7.07. The average Bonchev–Trinajstić information content (AvgIpc) is 2.90. The number of methoxy groups -OCH3 is 1. The fourth-order valence-electron chi connectivity index (χ4n) is 4.88. The quantitative estimate of drug-likeness (QED) is 0.449. The number of fused-ring (bicyclic) bond motifs is 1. The normalized spacial score (nSPS) is 15.8. The third kappa shape index (κ3) is 5.09. The molecule has 1 atom stereocenters. The molecule has 4 rings (SSSR count). The van der Waals surface area contributed by atoms with E-state index in [2.05, 4.69) is 15.5 Å². The lowest BCUT2D eigenvalue weighted by atomic mass is 9.82. The van der Waals surface area contributed by atoms with E-state index in [-0.39, 0.29) is 49.6 Å². The summed E-state index contributed by atoms with van der Waals surface area (Å²) in [6.07, 6.45) is -2.70. The van der Waals surface area contributed by atoms with E-state index in [0.29, 0.717) is 27.8 Å². The number of alkyl halides is 2. The van der Waals surface area contributed by atoms with Crippen LogP contribution in [0.3, 0.4) is 0 Å². The van der Waals surface area contributed by atoms with Crippen molar-refractivity contribution < 1.29 is 27.8 Å². The number of benzene rings is 2. The van der Waals surface area contributed by atoms with E-state index in [0.717, 1.165) is 6.07 Å². The Morgan fingerprint density at radius 3 is 2.55 bits per heavy atom. The predicted octanol–water partition coefficient (Wildman–Crippen LogP) is 4.92. The molecule has 1 aliphatic heterocycles. The molecule has 3 aromatic rings. The summed E-state index contributed by atoms with van der Waals surface area (Å²) in [6, 6.07) is 8.47. The molecule has 1 amide bonds. The van der Waals surface area contributed by atoms with Gasteiger partial charge in [0.15, 0.2) is 5.82 Å². The summed E-state index contributed by atoms with van der Waals surface area (Å²) >= 11 is 0. The van der Waals surface area contributed by atoms with Gasteiger partial charge >= 0.3 is 0 Å². The van der Waals surface area contributed by atoms with Crippen LogP contribution in [-0.2, 0) is 10.4 Å². The zero-order valence-corrected chi connectivity index (χ0v) is 21.3. The number of piperidine rings is 1. The van der Waals surface area contributed by atoms with Gasteiger partial charge in [-0.05, 0) is 38.8 Å². The van der Waals surface area contributed by atoms with Gasteiger partial charge in [0.25, 0.3) is 6.43 Å². The molecule has 2 aromatic carbocycles. The number of anilines is 1. The Bertz CT molecular complexity index is 1400. The highest BCUT2D eigenvalue weighted by molar-refractivity contribution is 5.95. The van der Waals surface area contributed by atoms with E-state index in [4.69, 9.17) is 10.00 Å². The van der Waals surface area contributed by atoms with Crippen LogP contribution in [0, 0.1) is 24.1 Å². The molecule has 8 nitrogen and oxygen atoms in total. The number of rotatable bonds is 7. The number of nitrogens with zero attached hydrogens (tertiary/aromatic N) is 4. The van der Waals surface area contributed by atoms with Gasteiger partial charge in [-0.15, -0.1) is 5.10 Å². The smallest absolute Gasteiger partial charge is 0.266 e. The number of nitrogens with one attached hydrogen (secondary N) is 1. The Labute approximate surface area is 218 Å². The lowest BCUT2D eigenvalue weighted by Crippen LogP contribution is -2.45. The van der Waals surface area contributed by atoms with Crippen LogP contribution in [0.4, 0.5) is 19.0 Å². The van der Waals surface area contributed by atoms with Gasteiger partial charge in [-0.2, -0.15) is 10.4 Å². The molecule has 2 heterocycles. The molecule has 0 spiro atoms. The standard InChI is InChI=1S/C27H28F3N5O3/c1-15(17-5-4-6-18(24(17)28)25(29)30)32-26-20-13-21(22(38-3)14-19(20)16(2)33-34-26)27(37)8-11-35(12-9-27)23(36)7-10-31/h4-6,13-15,25,37H,7-9,11-12H2,1-3H3,(H,32,34)/t15-/m1/s1. The maximum Gasteiger partial charge on any atom is 0.266 e. The lowest BCUT2D eigenvalue weighted by Gasteiger charge is -2.39. The zero-order valence-electron chi connectivity index (χ0n) is 21.3. The van der Waals surface area contributed by atoms with Gasteiger partial charge in [0.2, 0.25) is 5.91 Å². The van der Waals surface area contributed by atoms with Crippen molar-refractivity contribution in [1.29, 1.82) is 5.26 Å². The Balaban J connectivity index is 1.72. The number of halogens is 3. The monoisotopic (exact) mass is 527 g/mol. The van der Waals surface area contributed by atoms with Crippen LogP contribution in [0.25, 0.3) is 10.8 Å². The number of carbonyl (C=O) groups excluding carboxylic acids is 1. The van der Waals surface area contributed by atoms with E-state index in [1.54, 1.807) is 30.9 Å². The summed E-state index contributed by atoms with van der Waals surface area (Å²) in [4.78, 5) is 13.7. The van der Waals surface area contributed by atoms with Gasteiger partial charge in [0.05, 0.1) is 36.1 Å². The summed E-state index contributed by atoms with van der Waals surface area (Å²) in [6.45, 7) is 3.94. The van der Waals surface area contributed by atoms with Crippen molar-refractivity contribution in [2.24, 2.45) is 0 Å². The summed E-state index contributed by atoms with van der Waals surface area (Å²) in [5, 5.41) is 33.2. The van der Waals surface area contributed by atoms with Crippen molar-refractivity contribution in [3.8, 4) is 11.8 Å². The van der Waals surface area contributed by atoms with Gasteiger partial charge in [0, 0.05) is 35.0 Å². The molecule has 1 fully saturated rings. The minimum atomic E-state index is -2.94. The molecule has 1 saturated heterocycles. The molecule has 0 radical (unpaired) electrons. The fourth-order valence-corrected chi connectivity index (χ4v) is 4.88. The Morgan fingerprint density at radius 1 is 1.24 bits per heavy atom. The molecule has 0 saturated carbocycles. The van der Waals surface area contributed by atoms with Crippen LogP contribution >= 0.6 is 0 Å². The van der Waals surface area contributed by atoms with Crippen molar-refractivity contribution in [3.05, 3.63) is 58.5 Å². The SMILES string of the molecule is COc1cc2c(C)nnc(N[C@H](C)c3cccc(C(F)F)c3F)c2cc1C1(O)CCN(C(=O)CC#N)CC1. The summed E-state index contributed by atoms with van der Waals surface area (Å²) < 4.78 is 46.9. The van der Waals surface area contributed by atoms with Crippen LogP contribution in [-0.4, -0.2) is 46.3 Å². The van der Waals surface area contributed by atoms with Gasteiger partial charge in [-0.3, -0.25) is 4.79 Å². The van der Waals surface area contributed by atoms with E-state index in [1.165, 1.54) is 19.2 Å². The summed E-state index contributed by atoms with van der Waals surface area (Å²) in [5.41, 5.74) is -0.850. The van der Waals surface area contributed by atoms with Gasteiger partial charge in [0.1, 0.15) is 18.0 Å². The first kappa shape index (κ1) is 27.1. The average molecular weight is 528 g/mol. The highest BCUT2D eigenvalue weighted by Crippen LogP contribution is 2.42. The second-order valence-corrected chi connectivity index (χ2v) is 9.40. The summed E-state index contributed by atoms with van der Waals surface area (Å²) in [7, 11) is 1.49. The van der Waals surface area contributed by atoms with Crippen LogP contribution in [0.15, 0.2) is 30.3 Å².